The largest absolute Gasteiger partial charge is 0.367 e. The van der Waals surface area contributed by atoms with Crippen LogP contribution < -0.4 is 21.2 Å². The van der Waals surface area contributed by atoms with Gasteiger partial charge in [0.25, 0.3) is 11.8 Å². The number of amides is 1. The van der Waals surface area contributed by atoms with Gasteiger partial charge in [-0.2, -0.15) is 0 Å². The van der Waals surface area contributed by atoms with Gasteiger partial charge in [0, 0.05) is 33.1 Å². The molecular weight excluding hydrogens is 415 g/mol. The molecule has 31 heavy (non-hydrogen) atoms. The van der Waals surface area contributed by atoms with Crippen molar-refractivity contribution in [2.24, 2.45) is 12.5 Å². The molecule has 1 spiro atoms. The number of carbonyl (C=O) groups excluding carboxylic acids is 2. The Morgan fingerprint density at radius 1 is 1.13 bits per heavy atom. The van der Waals surface area contributed by atoms with Crippen molar-refractivity contribution in [1.82, 2.24) is 19.8 Å². The Balaban J connectivity index is 1.55. The van der Waals surface area contributed by atoms with E-state index in [9.17, 15) is 23.2 Å². The number of carbonyl (C=O) groups is 2. The second-order valence-electron chi connectivity index (χ2n) is 8.66. The van der Waals surface area contributed by atoms with E-state index in [1.807, 2.05) is 0 Å². The molecule has 1 aromatic carbocycles. The van der Waals surface area contributed by atoms with Crippen LogP contribution in [-0.4, -0.2) is 59.5 Å². The Kier molecular flexibility index (Phi) is 4.27. The fourth-order valence-electron chi connectivity index (χ4n) is 5.05. The van der Waals surface area contributed by atoms with Crippen molar-refractivity contribution in [2.45, 2.75) is 24.8 Å². The molecule has 1 amide bonds. The molecule has 8 nitrogen and oxygen atoms in total. The number of benzene rings is 1. The number of aryl methyl sites for hydroxylation is 1. The lowest BCUT2D eigenvalue weighted by Gasteiger charge is -2.56. The second kappa shape index (κ2) is 6.59. The van der Waals surface area contributed by atoms with Crippen molar-refractivity contribution in [3.8, 4) is 0 Å². The van der Waals surface area contributed by atoms with E-state index in [0.29, 0.717) is 13.0 Å². The van der Waals surface area contributed by atoms with E-state index in [2.05, 4.69) is 10.6 Å². The highest BCUT2D eigenvalue weighted by molar-refractivity contribution is 6.06. The third-order valence-corrected chi connectivity index (χ3v) is 6.88. The number of rotatable bonds is 2. The van der Waals surface area contributed by atoms with Gasteiger partial charge in [0.2, 0.25) is 0 Å². The van der Waals surface area contributed by atoms with Gasteiger partial charge in [-0.1, -0.05) is 0 Å². The fraction of sp³-hybridized carbons (Fsp3) is 0.550. The van der Waals surface area contributed by atoms with E-state index >= 15 is 4.39 Å². The van der Waals surface area contributed by atoms with E-state index in [0.717, 1.165) is 9.13 Å². The molecule has 4 heterocycles. The normalized spacial score (nSPS) is 25.0. The zero-order valence-electron chi connectivity index (χ0n) is 16.9. The van der Waals surface area contributed by atoms with E-state index in [-0.39, 0.29) is 42.8 Å². The summed E-state index contributed by atoms with van der Waals surface area (Å²) in [6.45, 7) is 0.324. The van der Waals surface area contributed by atoms with Crippen LogP contribution in [0.2, 0.25) is 0 Å². The molecule has 3 saturated heterocycles. The molecule has 1 aromatic heterocycles. The standard InChI is InChI=1S/C20H22F3N5O3/c1-26-15-12(28(18(26)31)16-13(29)4-6-25-17(16)30)3-2-11(14(15)21)27-9-19(10-27)5-7-24-8-20(19,22)23/h2-3,16,24H,4-10H2,1H3,(H,25,30). The summed E-state index contributed by atoms with van der Waals surface area (Å²) in [5.74, 6) is -4.63. The highest BCUT2D eigenvalue weighted by Crippen LogP contribution is 2.50. The van der Waals surface area contributed by atoms with Gasteiger partial charge in [0.05, 0.1) is 23.2 Å². The number of fused-ring (bicyclic) bond motifs is 1. The number of Topliss-reactive ketones (excluding diaryl/α,β-unsaturated/α-hetero) is 1. The second-order valence-corrected chi connectivity index (χ2v) is 8.66. The van der Waals surface area contributed by atoms with Gasteiger partial charge in [-0.15, -0.1) is 0 Å². The summed E-state index contributed by atoms with van der Waals surface area (Å²) in [5.41, 5.74) is -1.70. The van der Waals surface area contributed by atoms with Gasteiger partial charge in [0.15, 0.2) is 17.6 Å². The number of halogens is 3. The zero-order chi connectivity index (χ0) is 22.1. The first-order chi connectivity index (χ1) is 14.7. The summed E-state index contributed by atoms with van der Waals surface area (Å²) >= 11 is 0. The first-order valence-corrected chi connectivity index (χ1v) is 10.2. The summed E-state index contributed by atoms with van der Waals surface area (Å²) in [5, 5.41) is 5.26. The van der Waals surface area contributed by atoms with Gasteiger partial charge in [-0.25, -0.2) is 18.0 Å². The molecule has 1 atom stereocenters. The Bertz CT molecular complexity index is 1150. The number of nitrogens with zero attached hydrogens (tertiary/aromatic N) is 3. The molecular formula is C20H22F3N5O3. The van der Waals surface area contributed by atoms with E-state index in [1.165, 1.54) is 19.2 Å². The Hall–Kier alpha value is -2.82. The van der Waals surface area contributed by atoms with Gasteiger partial charge in [-0.3, -0.25) is 18.7 Å². The zero-order valence-corrected chi connectivity index (χ0v) is 16.9. The van der Waals surface area contributed by atoms with Crippen LogP contribution in [0.4, 0.5) is 18.9 Å². The lowest BCUT2D eigenvalue weighted by molar-refractivity contribution is -0.151. The number of hydrogen-bond acceptors (Lipinski definition) is 5. The van der Waals surface area contributed by atoms with Gasteiger partial charge >= 0.3 is 5.69 Å². The van der Waals surface area contributed by atoms with Crippen molar-refractivity contribution in [1.29, 1.82) is 0 Å². The van der Waals surface area contributed by atoms with Crippen LogP contribution in [0.3, 0.4) is 0 Å². The van der Waals surface area contributed by atoms with Gasteiger partial charge in [0.1, 0.15) is 5.52 Å². The predicted octanol–water partition coefficient (Wildman–Crippen LogP) is 0.544. The van der Waals surface area contributed by atoms with Crippen LogP contribution in [0, 0.1) is 11.2 Å². The van der Waals surface area contributed by atoms with Crippen LogP contribution in [0.25, 0.3) is 11.0 Å². The highest BCUT2D eigenvalue weighted by atomic mass is 19.3. The number of piperidine rings is 2. The average Bonchev–Trinajstić information content (AvgIpc) is 2.93. The molecule has 3 fully saturated rings. The van der Waals surface area contributed by atoms with Gasteiger partial charge < -0.3 is 15.5 Å². The molecule has 0 saturated carbocycles. The molecule has 3 aliphatic rings. The minimum Gasteiger partial charge on any atom is -0.367 e. The molecule has 3 aliphatic heterocycles. The number of imidazole rings is 1. The minimum absolute atomic E-state index is 0.0161. The monoisotopic (exact) mass is 437 g/mol. The first kappa shape index (κ1) is 20.1. The lowest BCUT2D eigenvalue weighted by Crippen LogP contribution is -2.70. The number of alkyl halides is 2. The van der Waals surface area contributed by atoms with E-state index in [4.69, 9.17) is 0 Å². The van der Waals surface area contributed by atoms with Crippen LogP contribution >= 0.6 is 0 Å². The summed E-state index contributed by atoms with van der Waals surface area (Å²) in [6.07, 6.45) is 0.382. The van der Waals surface area contributed by atoms with E-state index < -0.39 is 47.1 Å². The molecule has 0 bridgehead atoms. The quantitative estimate of drug-likeness (QED) is 0.670. The summed E-state index contributed by atoms with van der Waals surface area (Å²) in [6, 6.07) is 1.54. The third-order valence-electron chi connectivity index (χ3n) is 6.88. The topological polar surface area (TPSA) is 88.4 Å². The maximum absolute atomic E-state index is 15.5. The summed E-state index contributed by atoms with van der Waals surface area (Å²) in [7, 11) is 1.36. The number of hydrogen-bond donors (Lipinski definition) is 2. The average molecular weight is 437 g/mol. The smallest absolute Gasteiger partial charge is 0.330 e. The molecule has 2 aromatic rings. The van der Waals surface area contributed by atoms with Crippen molar-refractivity contribution in [3.05, 3.63) is 28.4 Å². The van der Waals surface area contributed by atoms with Gasteiger partial charge in [-0.05, 0) is 25.1 Å². The molecule has 166 valence electrons. The van der Waals surface area contributed by atoms with Crippen molar-refractivity contribution < 1.29 is 22.8 Å². The number of nitrogens with one attached hydrogen (secondary N) is 2. The lowest BCUT2D eigenvalue weighted by atomic mass is 9.69. The Morgan fingerprint density at radius 3 is 2.55 bits per heavy atom. The Labute approximate surface area is 175 Å². The minimum atomic E-state index is -2.88. The van der Waals surface area contributed by atoms with Crippen molar-refractivity contribution >= 4 is 28.4 Å². The third kappa shape index (κ3) is 2.68. The number of ketones is 1. The summed E-state index contributed by atoms with van der Waals surface area (Å²) < 4.78 is 46.5. The molecule has 0 radical (unpaired) electrons. The first-order valence-electron chi connectivity index (χ1n) is 10.2. The van der Waals surface area contributed by atoms with Crippen LogP contribution in [-0.2, 0) is 16.6 Å². The Morgan fingerprint density at radius 2 is 1.87 bits per heavy atom. The van der Waals surface area contributed by atoms with E-state index in [1.54, 1.807) is 4.90 Å². The molecule has 11 heteroatoms. The van der Waals surface area contributed by atoms with Crippen LogP contribution in [0.15, 0.2) is 16.9 Å². The number of anilines is 1. The maximum Gasteiger partial charge on any atom is 0.330 e. The fourth-order valence-corrected chi connectivity index (χ4v) is 5.05. The summed E-state index contributed by atoms with van der Waals surface area (Å²) in [4.78, 5) is 39.0. The predicted molar refractivity (Wildman–Crippen MR) is 106 cm³/mol. The van der Waals surface area contributed by atoms with Crippen molar-refractivity contribution in [3.63, 3.8) is 0 Å². The van der Waals surface area contributed by atoms with Crippen LogP contribution in [0.5, 0.6) is 0 Å². The number of aromatic nitrogens is 2. The van der Waals surface area contributed by atoms with Crippen LogP contribution in [0.1, 0.15) is 18.9 Å². The van der Waals surface area contributed by atoms with Crippen molar-refractivity contribution in [2.75, 3.05) is 37.6 Å². The molecule has 0 aliphatic carbocycles. The highest BCUT2D eigenvalue weighted by Gasteiger charge is 2.61. The maximum atomic E-state index is 15.5. The molecule has 1 unspecified atom stereocenters. The SMILES string of the molecule is Cn1c(=O)n(C2C(=O)CCNC2=O)c2ccc(N3CC4(CCNCC4(F)F)C3)c(F)c21. The molecule has 2 N–H and O–H groups in total. The molecule has 5 rings (SSSR count).